The Morgan fingerprint density at radius 3 is 2.50 bits per heavy atom. The smallest absolute Gasteiger partial charge is 0.0653 e. The molecule has 14 heavy (non-hydrogen) atoms. The van der Waals surface area contributed by atoms with Crippen molar-refractivity contribution < 1.29 is 5.11 Å². The normalized spacial score (nSPS) is 18.2. The van der Waals surface area contributed by atoms with E-state index in [-0.39, 0.29) is 5.60 Å². The van der Waals surface area contributed by atoms with Crippen molar-refractivity contribution in [2.24, 2.45) is 0 Å². The molecule has 0 spiro atoms. The molecule has 76 valence electrons. The maximum absolute atomic E-state index is 9.71. The fourth-order valence-corrected chi connectivity index (χ4v) is 1.73. The lowest BCUT2D eigenvalue weighted by Crippen LogP contribution is -2.07. The molecule has 0 radical (unpaired) electrons. The lowest BCUT2D eigenvalue weighted by Gasteiger charge is -2.08. The van der Waals surface area contributed by atoms with Crippen LogP contribution in [0.5, 0.6) is 0 Å². The summed E-state index contributed by atoms with van der Waals surface area (Å²) in [6, 6.07) is 6.58. The maximum atomic E-state index is 9.71. The van der Waals surface area contributed by atoms with Gasteiger partial charge in [0.1, 0.15) is 0 Å². The topological polar surface area (TPSA) is 20.2 Å². The first-order valence-electron chi connectivity index (χ1n) is 5.38. The van der Waals surface area contributed by atoms with Crippen molar-refractivity contribution in [3.05, 3.63) is 34.9 Å². The zero-order chi connectivity index (χ0) is 10.2. The molecule has 0 saturated heterocycles. The molecule has 0 aromatic heterocycles. The van der Waals surface area contributed by atoms with Gasteiger partial charge < -0.3 is 5.11 Å². The largest absolute Gasteiger partial charge is 0.390 e. The molecule has 1 aromatic carbocycles. The summed E-state index contributed by atoms with van der Waals surface area (Å²) in [4.78, 5) is 0. The Balaban J connectivity index is 1.99. The van der Waals surface area contributed by atoms with Gasteiger partial charge in [0.05, 0.1) is 5.60 Å². The highest BCUT2D eigenvalue weighted by Crippen LogP contribution is 2.39. The molecule has 0 aliphatic heterocycles. The number of hydrogen-bond donors (Lipinski definition) is 1. The fraction of sp³-hybridized carbons (Fsp3) is 0.538. The molecule has 1 saturated carbocycles. The summed E-state index contributed by atoms with van der Waals surface area (Å²) in [7, 11) is 0. The van der Waals surface area contributed by atoms with Crippen molar-refractivity contribution >= 4 is 0 Å². The van der Waals surface area contributed by atoms with Crippen LogP contribution in [0.25, 0.3) is 0 Å². The zero-order valence-electron chi connectivity index (χ0n) is 9.01. The third-order valence-corrected chi connectivity index (χ3v) is 3.28. The number of rotatable bonds is 3. The van der Waals surface area contributed by atoms with Gasteiger partial charge in [-0.15, -0.1) is 0 Å². The molecule has 0 bridgehead atoms. The Morgan fingerprint density at radius 1 is 1.21 bits per heavy atom. The van der Waals surface area contributed by atoms with E-state index in [1.807, 2.05) is 0 Å². The van der Waals surface area contributed by atoms with E-state index in [2.05, 4.69) is 32.0 Å². The molecule has 0 atom stereocenters. The predicted octanol–water partition coefficient (Wildman–Crippen LogP) is 2.76. The van der Waals surface area contributed by atoms with Gasteiger partial charge in [-0.1, -0.05) is 18.2 Å². The van der Waals surface area contributed by atoms with Crippen molar-refractivity contribution in [3.8, 4) is 0 Å². The van der Waals surface area contributed by atoms with Gasteiger partial charge in [0.15, 0.2) is 0 Å². The van der Waals surface area contributed by atoms with Crippen LogP contribution < -0.4 is 0 Å². The highest BCUT2D eigenvalue weighted by Gasteiger charge is 2.39. The second-order valence-electron chi connectivity index (χ2n) is 4.64. The number of benzene rings is 1. The Morgan fingerprint density at radius 2 is 1.93 bits per heavy atom. The summed E-state index contributed by atoms with van der Waals surface area (Å²) in [6.07, 6.45) is 3.93. The summed E-state index contributed by atoms with van der Waals surface area (Å²) < 4.78 is 0. The second-order valence-corrected chi connectivity index (χ2v) is 4.64. The maximum Gasteiger partial charge on any atom is 0.0653 e. The molecular weight excluding hydrogens is 172 g/mol. The molecule has 1 aliphatic rings. The minimum Gasteiger partial charge on any atom is -0.390 e. The van der Waals surface area contributed by atoms with Crippen molar-refractivity contribution in [2.45, 2.75) is 45.1 Å². The van der Waals surface area contributed by atoms with Crippen LogP contribution in [0.4, 0.5) is 0 Å². The lowest BCUT2D eigenvalue weighted by atomic mass is 10.0. The van der Waals surface area contributed by atoms with E-state index >= 15 is 0 Å². The molecule has 0 unspecified atom stereocenters. The zero-order valence-corrected chi connectivity index (χ0v) is 9.01. The first-order chi connectivity index (χ1) is 6.59. The molecule has 2 rings (SSSR count). The average molecular weight is 190 g/mol. The van der Waals surface area contributed by atoms with Crippen LogP contribution in [0.1, 0.15) is 36.0 Å². The molecule has 1 nitrogen and oxygen atoms in total. The van der Waals surface area contributed by atoms with Crippen molar-refractivity contribution in [2.75, 3.05) is 0 Å². The molecule has 1 aromatic rings. The second kappa shape index (κ2) is 3.39. The lowest BCUT2D eigenvalue weighted by molar-refractivity contribution is 0.140. The monoisotopic (exact) mass is 190 g/mol. The number of hydrogen-bond acceptors (Lipinski definition) is 1. The van der Waals surface area contributed by atoms with Gasteiger partial charge in [-0.3, -0.25) is 0 Å². The van der Waals surface area contributed by atoms with Gasteiger partial charge in [0.2, 0.25) is 0 Å². The standard InChI is InChI=1S/C13H18O/c1-10-3-4-12(9-11(10)2)5-6-13(14)7-8-13/h3-4,9,14H,5-8H2,1-2H3. The van der Waals surface area contributed by atoms with Crippen LogP contribution in [0.15, 0.2) is 18.2 Å². The Kier molecular flexibility index (Phi) is 2.36. The van der Waals surface area contributed by atoms with Crippen molar-refractivity contribution in [1.82, 2.24) is 0 Å². The summed E-state index contributed by atoms with van der Waals surface area (Å²) in [5.41, 5.74) is 3.75. The molecule has 1 aliphatic carbocycles. The van der Waals surface area contributed by atoms with Crippen LogP contribution in [-0.2, 0) is 6.42 Å². The summed E-state index contributed by atoms with van der Waals surface area (Å²) >= 11 is 0. The van der Waals surface area contributed by atoms with Gasteiger partial charge >= 0.3 is 0 Å². The molecule has 0 amide bonds. The summed E-state index contributed by atoms with van der Waals surface area (Å²) in [6.45, 7) is 4.28. The van der Waals surface area contributed by atoms with Crippen molar-refractivity contribution in [1.29, 1.82) is 0 Å². The van der Waals surface area contributed by atoms with Crippen LogP contribution in [0.2, 0.25) is 0 Å². The van der Waals surface area contributed by atoms with E-state index in [0.29, 0.717) is 0 Å². The Hall–Kier alpha value is -0.820. The minimum atomic E-state index is -0.307. The highest BCUT2D eigenvalue weighted by atomic mass is 16.3. The minimum absolute atomic E-state index is 0.307. The van der Waals surface area contributed by atoms with Gasteiger partial charge in [-0.05, 0) is 56.2 Å². The Bertz CT molecular complexity index is 337. The first-order valence-corrected chi connectivity index (χ1v) is 5.38. The molecule has 0 heterocycles. The number of aliphatic hydroxyl groups is 1. The molecular formula is C13H18O. The third kappa shape index (κ3) is 2.16. The first kappa shape index (κ1) is 9.72. The summed E-state index contributed by atoms with van der Waals surface area (Å²) in [5, 5.41) is 9.71. The van der Waals surface area contributed by atoms with Gasteiger partial charge in [0, 0.05) is 0 Å². The molecule has 1 N–H and O–H groups in total. The Labute approximate surface area is 85.8 Å². The van der Waals surface area contributed by atoms with Gasteiger partial charge in [-0.2, -0.15) is 0 Å². The van der Waals surface area contributed by atoms with E-state index in [1.165, 1.54) is 16.7 Å². The highest BCUT2D eigenvalue weighted by molar-refractivity contribution is 5.30. The molecule has 1 heteroatoms. The van der Waals surface area contributed by atoms with Crippen LogP contribution in [-0.4, -0.2) is 10.7 Å². The van der Waals surface area contributed by atoms with Crippen LogP contribution in [0, 0.1) is 13.8 Å². The molecule has 1 fully saturated rings. The van der Waals surface area contributed by atoms with E-state index in [0.717, 1.165) is 25.7 Å². The van der Waals surface area contributed by atoms with Crippen LogP contribution in [0.3, 0.4) is 0 Å². The third-order valence-electron chi connectivity index (χ3n) is 3.28. The average Bonchev–Trinajstić information content (AvgIpc) is 2.87. The van der Waals surface area contributed by atoms with E-state index in [4.69, 9.17) is 0 Å². The predicted molar refractivity (Wildman–Crippen MR) is 58.4 cm³/mol. The van der Waals surface area contributed by atoms with Gasteiger partial charge in [-0.25, -0.2) is 0 Å². The number of aryl methyl sites for hydroxylation is 3. The van der Waals surface area contributed by atoms with Crippen molar-refractivity contribution in [3.63, 3.8) is 0 Å². The SMILES string of the molecule is Cc1ccc(CCC2(O)CC2)cc1C. The van der Waals surface area contributed by atoms with E-state index in [9.17, 15) is 5.11 Å². The summed E-state index contributed by atoms with van der Waals surface area (Å²) in [5.74, 6) is 0. The van der Waals surface area contributed by atoms with Crippen LogP contribution >= 0.6 is 0 Å². The van der Waals surface area contributed by atoms with E-state index in [1.54, 1.807) is 0 Å². The van der Waals surface area contributed by atoms with E-state index < -0.39 is 0 Å². The van der Waals surface area contributed by atoms with Gasteiger partial charge in [0.25, 0.3) is 0 Å². The fourth-order valence-electron chi connectivity index (χ4n) is 1.73. The quantitative estimate of drug-likeness (QED) is 0.777.